The molecule has 174 valence electrons. The van der Waals surface area contributed by atoms with Crippen LogP contribution in [0.25, 0.3) is 16.9 Å². The van der Waals surface area contributed by atoms with Gasteiger partial charge in [-0.25, -0.2) is 18.7 Å². The first-order valence-corrected chi connectivity index (χ1v) is 11.2. The SMILES string of the molecule is CC1CN(c2cn3c(=O)ccnc3c(-c3ccc(F)cc3F)n2)CC(c2cnn(C3CC3)c2)O1. The van der Waals surface area contributed by atoms with Crippen molar-refractivity contribution in [3.8, 4) is 11.3 Å². The van der Waals surface area contributed by atoms with E-state index in [0.29, 0.717) is 24.9 Å². The summed E-state index contributed by atoms with van der Waals surface area (Å²) in [6, 6.07) is 5.08. The minimum Gasteiger partial charge on any atom is -0.367 e. The lowest BCUT2D eigenvalue weighted by Gasteiger charge is -2.37. The number of anilines is 1. The molecular formula is C24H22F2N6O2. The van der Waals surface area contributed by atoms with Crippen LogP contribution in [-0.4, -0.2) is 43.3 Å². The summed E-state index contributed by atoms with van der Waals surface area (Å²) >= 11 is 0. The van der Waals surface area contributed by atoms with Crippen molar-refractivity contribution >= 4 is 11.5 Å². The van der Waals surface area contributed by atoms with Crippen LogP contribution in [0.15, 0.2) is 53.8 Å². The van der Waals surface area contributed by atoms with E-state index >= 15 is 0 Å². The summed E-state index contributed by atoms with van der Waals surface area (Å²) in [4.78, 5) is 23.6. The van der Waals surface area contributed by atoms with E-state index in [9.17, 15) is 13.6 Å². The quantitative estimate of drug-likeness (QED) is 0.460. The van der Waals surface area contributed by atoms with E-state index in [4.69, 9.17) is 9.72 Å². The van der Waals surface area contributed by atoms with E-state index in [-0.39, 0.29) is 34.7 Å². The summed E-state index contributed by atoms with van der Waals surface area (Å²) in [5.74, 6) is -0.982. The Bertz CT molecular complexity index is 1450. The smallest absolute Gasteiger partial charge is 0.257 e. The van der Waals surface area contributed by atoms with Gasteiger partial charge in [0.25, 0.3) is 5.56 Å². The fraction of sp³-hybridized carbons (Fsp3) is 0.333. The van der Waals surface area contributed by atoms with Gasteiger partial charge in [-0.3, -0.25) is 13.9 Å². The molecular weight excluding hydrogens is 442 g/mol. The lowest BCUT2D eigenvalue weighted by atomic mass is 10.1. The maximum absolute atomic E-state index is 14.7. The Morgan fingerprint density at radius 2 is 1.97 bits per heavy atom. The molecule has 8 nitrogen and oxygen atoms in total. The Balaban J connectivity index is 1.43. The summed E-state index contributed by atoms with van der Waals surface area (Å²) in [6.07, 6.45) is 8.76. The zero-order chi connectivity index (χ0) is 23.4. The van der Waals surface area contributed by atoms with E-state index in [0.717, 1.165) is 30.5 Å². The van der Waals surface area contributed by atoms with Gasteiger partial charge in [0.2, 0.25) is 0 Å². The maximum atomic E-state index is 14.7. The van der Waals surface area contributed by atoms with Gasteiger partial charge in [0.15, 0.2) is 5.65 Å². The van der Waals surface area contributed by atoms with Crippen molar-refractivity contribution in [2.75, 3.05) is 18.0 Å². The second kappa shape index (κ2) is 7.98. The van der Waals surface area contributed by atoms with Crippen molar-refractivity contribution in [1.29, 1.82) is 0 Å². The largest absolute Gasteiger partial charge is 0.367 e. The van der Waals surface area contributed by atoms with Gasteiger partial charge in [-0.15, -0.1) is 0 Å². The maximum Gasteiger partial charge on any atom is 0.257 e. The molecule has 4 heterocycles. The molecule has 34 heavy (non-hydrogen) atoms. The summed E-state index contributed by atoms with van der Waals surface area (Å²) < 4.78 is 37.8. The fourth-order valence-electron chi connectivity index (χ4n) is 4.42. The number of fused-ring (bicyclic) bond motifs is 1. The number of rotatable bonds is 4. The third-order valence-corrected chi connectivity index (χ3v) is 6.25. The molecule has 1 saturated carbocycles. The third kappa shape index (κ3) is 3.73. The lowest BCUT2D eigenvalue weighted by molar-refractivity contribution is -0.0176. The summed E-state index contributed by atoms with van der Waals surface area (Å²) in [7, 11) is 0. The second-order valence-electron chi connectivity index (χ2n) is 8.87. The third-order valence-electron chi connectivity index (χ3n) is 6.25. The highest BCUT2D eigenvalue weighted by Crippen LogP contribution is 2.36. The van der Waals surface area contributed by atoms with Crippen LogP contribution in [0.1, 0.15) is 37.5 Å². The first-order valence-electron chi connectivity index (χ1n) is 11.2. The Labute approximate surface area is 193 Å². The van der Waals surface area contributed by atoms with Crippen LogP contribution in [0.5, 0.6) is 0 Å². The number of nitrogens with zero attached hydrogens (tertiary/aromatic N) is 6. The first-order chi connectivity index (χ1) is 16.5. The molecule has 6 rings (SSSR count). The van der Waals surface area contributed by atoms with E-state index in [1.807, 2.05) is 28.9 Å². The molecule has 1 aromatic carbocycles. The average molecular weight is 464 g/mol. The monoisotopic (exact) mass is 464 g/mol. The molecule has 10 heteroatoms. The van der Waals surface area contributed by atoms with Gasteiger partial charge in [0, 0.05) is 42.2 Å². The van der Waals surface area contributed by atoms with Crippen molar-refractivity contribution in [3.05, 3.63) is 76.6 Å². The van der Waals surface area contributed by atoms with Crippen LogP contribution < -0.4 is 10.5 Å². The van der Waals surface area contributed by atoms with E-state index in [1.54, 1.807) is 6.20 Å². The molecule has 2 fully saturated rings. The van der Waals surface area contributed by atoms with Crippen molar-refractivity contribution < 1.29 is 13.5 Å². The highest BCUT2D eigenvalue weighted by atomic mass is 19.1. The minimum atomic E-state index is -0.773. The molecule has 2 aliphatic rings. The Morgan fingerprint density at radius 1 is 1.12 bits per heavy atom. The topological polar surface area (TPSA) is 77.5 Å². The Hall–Kier alpha value is -3.66. The Kier molecular flexibility index (Phi) is 4.91. The molecule has 0 bridgehead atoms. The summed E-state index contributed by atoms with van der Waals surface area (Å²) in [5.41, 5.74) is 1.10. The molecule has 2 unspecified atom stereocenters. The van der Waals surface area contributed by atoms with Crippen molar-refractivity contribution in [3.63, 3.8) is 0 Å². The van der Waals surface area contributed by atoms with Crippen LogP contribution in [-0.2, 0) is 4.74 Å². The predicted octanol–water partition coefficient (Wildman–Crippen LogP) is 3.53. The van der Waals surface area contributed by atoms with Crippen molar-refractivity contribution in [1.82, 2.24) is 24.1 Å². The molecule has 0 spiro atoms. The zero-order valence-electron chi connectivity index (χ0n) is 18.4. The second-order valence-corrected chi connectivity index (χ2v) is 8.87. The highest BCUT2D eigenvalue weighted by Gasteiger charge is 2.31. The van der Waals surface area contributed by atoms with E-state index < -0.39 is 11.6 Å². The number of benzene rings is 1. The van der Waals surface area contributed by atoms with Gasteiger partial charge in [-0.1, -0.05) is 0 Å². The van der Waals surface area contributed by atoms with Crippen LogP contribution >= 0.6 is 0 Å². The normalized spacial score (nSPS) is 20.7. The molecule has 1 aliphatic heterocycles. The molecule has 2 atom stereocenters. The van der Waals surface area contributed by atoms with Crippen molar-refractivity contribution in [2.45, 2.75) is 38.0 Å². The molecule has 0 radical (unpaired) electrons. The first kappa shape index (κ1) is 20.9. The van der Waals surface area contributed by atoms with Gasteiger partial charge in [-0.05, 0) is 31.9 Å². The minimum absolute atomic E-state index is 0.0717. The van der Waals surface area contributed by atoms with Crippen molar-refractivity contribution in [2.24, 2.45) is 0 Å². The predicted molar refractivity (Wildman–Crippen MR) is 121 cm³/mol. The highest BCUT2D eigenvalue weighted by molar-refractivity contribution is 5.75. The molecule has 1 saturated heterocycles. The summed E-state index contributed by atoms with van der Waals surface area (Å²) in [6.45, 7) is 2.99. The van der Waals surface area contributed by atoms with Gasteiger partial charge >= 0.3 is 0 Å². The van der Waals surface area contributed by atoms with Gasteiger partial charge in [0.1, 0.15) is 29.3 Å². The van der Waals surface area contributed by atoms with E-state index in [1.165, 1.54) is 22.7 Å². The molecule has 0 N–H and O–H groups in total. The number of halogens is 2. The molecule has 0 amide bonds. The van der Waals surface area contributed by atoms with E-state index in [2.05, 4.69) is 10.1 Å². The number of aromatic nitrogens is 5. The Morgan fingerprint density at radius 3 is 2.76 bits per heavy atom. The molecule has 1 aliphatic carbocycles. The number of ether oxygens (including phenoxy) is 1. The molecule has 3 aromatic heterocycles. The standard InChI is InChI=1S/C24H22F2N6O2/c1-14-10-30(12-20(34-14)15-9-28-32(11-15)17-3-4-17)21-13-31-22(33)6-7-27-24(31)23(29-21)18-5-2-16(25)8-19(18)26/h2,5-9,11,13-14,17,20H,3-4,10,12H2,1H3. The zero-order valence-corrected chi connectivity index (χ0v) is 18.4. The van der Waals surface area contributed by atoms with Gasteiger partial charge in [-0.2, -0.15) is 5.10 Å². The van der Waals surface area contributed by atoms with Crippen LogP contribution in [0.2, 0.25) is 0 Å². The summed E-state index contributed by atoms with van der Waals surface area (Å²) in [5, 5.41) is 4.48. The molecule has 4 aromatic rings. The lowest BCUT2D eigenvalue weighted by Crippen LogP contribution is -2.43. The van der Waals surface area contributed by atoms with Crippen LogP contribution in [0.3, 0.4) is 0 Å². The van der Waals surface area contributed by atoms with Gasteiger partial charge < -0.3 is 9.64 Å². The van der Waals surface area contributed by atoms with Crippen LogP contribution in [0.4, 0.5) is 14.6 Å². The van der Waals surface area contributed by atoms with Gasteiger partial charge in [0.05, 0.1) is 31.1 Å². The number of hydrogen-bond donors (Lipinski definition) is 0. The number of morpholine rings is 1. The average Bonchev–Trinajstić information content (AvgIpc) is 3.55. The fourth-order valence-corrected chi connectivity index (χ4v) is 4.42. The number of hydrogen-bond acceptors (Lipinski definition) is 6. The van der Waals surface area contributed by atoms with Crippen LogP contribution in [0, 0.1) is 11.6 Å².